The summed E-state index contributed by atoms with van der Waals surface area (Å²) < 4.78 is 6.10. The van der Waals surface area contributed by atoms with Crippen molar-refractivity contribution in [3.63, 3.8) is 0 Å². The predicted molar refractivity (Wildman–Crippen MR) is 73.8 cm³/mol. The van der Waals surface area contributed by atoms with Gasteiger partial charge in [0.1, 0.15) is 0 Å². The van der Waals surface area contributed by atoms with E-state index in [0.29, 0.717) is 12.2 Å². The maximum Gasteiger partial charge on any atom is 0.338 e. The van der Waals surface area contributed by atoms with Crippen LogP contribution in [-0.2, 0) is 4.74 Å². The van der Waals surface area contributed by atoms with Crippen LogP contribution in [0.25, 0.3) is 6.08 Å². The molecule has 0 aliphatic rings. The number of halogens is 1. The molecule has 2 nitrogen and oxygen atoms in total. The molecule has 0 bridgehead atoms. The normalized spacial score (nSPS) is 9.31. The molecule has 0 aliphatic heterocycles. The second-order valence-corrected chi connectivity index (χ2v) is 4.23. The average Bonchev–Trinajstić information content (AvgIpc) is 2.30. The molecule has 0 spiro atoms. The van der Waals surface area contributed by atoms with E-state index in [9.17, 15) is 4.79 Å². The molecule has 0 heterocycles. The van der Waals surface area contributed by atoms with Gasteiger partial charge < -0.3 is 4.74 Å². The minimum atomic E-state index is -0.274. The van der Waals surface area contributed by atoms with Crippen molar-refractivity contribution in [2.45, 2.75) is 6.42 Å². The highest BCUT2D eigenvalue weighted by molar-refractivity contribution is 14.1. The predicted octanol–water partition coefficient (Wildman–Crippen LogP) is 3.47. The maximum atomic E-state index is 11.6. The third-order valence-electron chi connectivity index (χ3n) is 1.90. The molecule has 0 unspecified atom stereocenters. The van der Waals surface area contributed by atoms with Gasteiger partial charge in [-0.1, -0.05) is 41.3 Å². The third-order valence-corrected chi connectivity index (χ3v) is 2.66. The lowest BCUT2D eigenvalue weighted by Gasteiger charge is -2.03. The van der Waals surface area contributed by atoms with Crippen LogP contribution in [0.3, 0.4) is 0 Å². The highest BCUT2D eigenvalue weighted by atomic mass is 127. The molecule has 1 rings (SSSR count). The van der Waals surface area contributed by atoms with Crippen molar-refractivity contribution in [1.82, 2.24) is 0 Å². The van der Waals surface area contributed by atoms with E-state index in [1.54, 1.807) is 18.2 Å². The van der Waals surface area contributed by atoms with Gasteiger partial charge in [-0.25, -0.2) is 4.79 Å². The summed E-state index contributed by atoms with van der Waals surface area (Å²) in [5.41, 5.74) is 4.14. The van der Waals surface area contributed by atoms with Gasteiger partial charge in [0.2, 0.25) is 0 Å². The lowest BCUT2D eigenvalue weighted by Crippen LogP contribution is -2.06. The molecular weight excluding hydrogens is 315 g/mol. The average molecular weight is 328 g/mol. The number of carbonyl (C=O) groups excluding carboxylic acids is 1. The van der Waals surface area contributed by atoms with Gasteiger partial charge in [0, 0.05) is 4.43 Å². The first kappa shape index (κ1) is 13.0. The summed E-state index contributed by atoms with van der Waals surface area (Å²) in [4.78, 5) is 11.6. The Labute approximate surface area is 109 Å². The van der Waals surface area contributed by atoms with Crippen molar-refractivity contribution < 1.29 is 9.53 Å². The zero-order valence-corrected chi connectivity index (χ0v) is 11.1. The van der Waals surface area contributed by atoms with Crippen molar-refractivity contribution in [2.75, 3.05) is 11.0 Å². The molecule has 0 saturated heterocycles. The summed E-state index contributed by atoms with van der Waals surface area (Å²) >= 11 is 2.25. The Morgan fingerprint density at radius 3 is 3.06 bits per heavy atom. The quantitative estimate of drug-likeness (QED) is 0.272. The Kier molecular flexibility index (Phi) is 5.90. The molecule has 0 N–H and O–H groups in total. The van der Waals surface area contributed by atoms with E-state index in [-0.39, 0.29) is 5.97 Å². The lowest BCUT2D eigenvalue weighted by molar-refractivity contribution is 0.0507. The Morgan fingerprint density at radius 1 is 1.56 bits per heavy atom. The fourth-order valence-electron chi connectivity index (χ4n) is 1.18. The Balaban J connectivity index is 2.68. The number of carbonyl (C=O) groups is 1. The summed E-state index contributed by atoms with van der Waals surface area (Å²) in [5.74, 6) is -0.274. The van der Waals surface area contributed by atoms with Gasteiger partial charge in [0.25, 0.3) is 0 Å². The van der Waals surface area contributed by atoms with Crippen LogP contribution in [0.2, 0.25) is 0 Å². The van der Waals surface area contributed by atoms with Crippen LogP contribution in [-0.4, -0.2) is 17.0 Å². The third kappa shape index (κ3) is 4.21. The summed E-state index contributed by atoms with van der Waals surface area (Å²) in [7, 11) is 0. The van der Waals surface area contributed by atoms with Crippen molar-refractivity contribution in [3.05, 3.63) is 47.7 Å². The van der Waals surface area contributed by atoms with E-state index >= 15 is 0 Å². The Hall–Kier alpha value is -1.06. The molecule has 84 valence electrons. The molecule has 1 aromatic carbocycles. The topological polar surface area (TPSA) is 26.3 Å². The van der Waals surface area contributed by atoms with Crippen LogP contribution >= 0.6 is 22.6 Å². The number of rotatable bonds is 5. The fraction of sp³-hybridized carbons (Fsp3) is 0.231. The first-order valence-electron chi connectivity index (χ1n) is 4.97. The minimum absolute atomic E-state index is 0.274. The van der Waals surface area contributed by atoms with Gasteiger partial charge in [0.15, 0.2) is 0 Å². The van der Waals surface area contributed by atoms with Gasteiger partial charge in [-0.15, -0.1) is 5.73 Å². The van der Waals surface area contributed by atoms with Gasteiger partial charge in [0.05, 0.1) is 12.2 Å². The Morgan fingerprint density at radius 2 is 2.38 bits per heavy atom. The molecule has 16 heavy (non-hydrogen) atoms. The van der Waals surface area contributed by atoms with Gasteiger partial charge in [-0.2, -0.15) is 0 Å². The van der Waals surface area contributed by atoms with Crippen LogP contribution in [0.4, 0.5) is 0 Å². The molecule has 1 aromatic rings. The molecule has 0 radical (unpaired) electrons. The molecule has 0 aromatic heterocycles. The standard InChI is InChI=1S/C13H13IO2/c1-2-5-11-6-3-7-12(10-11)13(15)16-9-4-8-14/h3,5-7,10H,1,4,8-9H2. The fourth-order valence-corrected chi connectivity index (χ4v) is 1.49. The van der Waals surface area contributed by atoms with Gasteiger partial charge >= 0.3 is 5.97 Å². The van der Waals surface area contributed by atoms with Crippen LogP contribution in [0.15, 0.2) is 36.6 Å². The zero-order chi connectivity index (χ0) is 11.8. The number of hydrogen-bond donors (Lipinski definition) is 0. The van der Waals surface area contributed by atoms with Crippen molar-refractivity contribution in [3.8, 4) is 0 Å². The van der Waals surface area contributed by atoms with Crippen molar-refractivity contribution >= 4 is 34.6 Å². The van der Waals surface area contributed by atoms with Crippen molar-refractivity contribution in [2.24, 2.45) is 0 Å². The molecule has 0 saturated carbocycles. The second kappa shape index (κ2) is 7.25. The zero-order valence-electron chi connectivity index (χ0n) is 8.91. The van der Waals surface area contributed by atoms with Gasteiger partial charge in [-0.3, -0.25) is 0 Å². The molecule has 0 amide bonds. The summed E-state index contributed by atoms with van der Waals surface area (Å²) in [6.45, 7) is 3.97. The number of benzene rings is 1. The molecule has 0 aliphatic carbocycles. The molecule has 3 heteroatoms. The van der Waals surface area contributed by atoms with Crippen molar-refractivity contribution in [1.29, 1.82) is 0 Å². The number of hydrogen-bond acceptors (Lipinski definition) is 2. The van der Waals surface area contributed by atoms with E-state index < -0.39 is 0 Å². The second-order valence-electron chi connectivity index (χ2n) is 3.15. The minimum Gasteiger partial charge on any atom is -0.462 e. The van der Waals surface area contributed by atoms with E-state index in [4.69, 9.17) is 4.74 Å². The first-order chi connectivity index (χ1) is 7.77. The van der Waals surface area contributed by atoms with Crippen LogP contribution in [0.5, 0.6) is 0 Å². The van der Waals surface area contributed by atoms with E-state index in [1.165, 1.54) is 0 Å². The van der Waals surface area contributed by atoms with Crippen LogP contribution in [0.1, 0.15) is 22.3 Å². The molecule has 0 fully saturated rings. The van der Waals surface area contributed by atoms with Crippen LogP contribution < -0.4 is 0 Å². The monoisotopic (exact) mass is 328 g/mol. The smallest absolute Gasteiger partial charge is 0.338 e. The highest BCUT2D eigenvalue weighted by Crippen LogP contribution is 2.08. The largest absolute Gasteiger partial charge is 0.462 e. The van der Waals surface area contributed by atoms with Crippen LogP contribution in [0, 0.1) is 0 Å². The summed E-state index contributed by atoms with van der Waals surface area (Å²) in [6, 6.07) is 7.22. The Bertz CT molecular complexity index is 406. The van der Waals surface area contributed by atoms with E-state index in [0.717, 1.165) is 16.4 Å². The summed E-state index contributed by atoms with van der Waals surface area (Å²) in [6.07, 6.45) is 2.61. The maximum absolute atomic E-state index is 11.6. The first-order valence-corrected chi connectivity index (χ1v) is 6.49. The number of ether oxygens (including phenoxy) is 1. The number of alkyl halides is 1. The molecular formula is C13H13IO2. The van der Waals surface area contributed by atoms with E-state index in [2.05, 4.69) is 34.9 Å². The lowest BCUT2D eigenvalue weighted by atomic mass is 10.1. The number of esters is 1. The highest BCUT2D eigenvalue weighted by Gasteiger charge is 2.06. The van der Waals surface area contributed by atoms with E-state index in [1.807, 2.05) is 12.1 Å². The molecule has 0 atom stereocenters. The summed E-state index contributed by atoms with van der Waals surface area (Å²) in [5, 5.41) is 0. The van der Waals surface area contributed by atoms with Gasteiger partial charge in [-0.05, 0) is 30.2 Å². The SMILES string of the molecule is C=C=Cc1cccc(C(=O)OCCCI)c1.